The molecule has 0 aliphatic heterocycles. The number of halogens is 1. The van der Waals surface area contributed by atoms with Crippen LogP contribution in [0.2, 0.25) is 0 Å². The fourth-order valence-corrected chi connectivity index (χ4v) is 0.782. The summed E-state index contributed by atoms with van der Waals surface area (Å²) in [7, 11) is 0. The molecule has 0 spiro atoms. The number of hydrogen-bond acceptors (Lipinski definition) is 2. The molecule has 0 saturated heterocycles. The zero-order chi connectivity index (χ0) is 8.81. The summed E-state index contributed by atoms with van der Waals surface area (Å²) in [6.45, 7) is 0. The highest BCUT2D eigenvalue weighted by Gasteiger charge is 1.88. The van der Waals surface area contributed by atoms with Crippen LogP contribution >= 0.6 is 11.6 Å². The molecule has 0 atom stereocenters. The molecule has 0 unspecified atom stereocenters. The van der Waals surface area contributed by atoms with Gasteiger partial charge in [-0.2, -0.15) is 0 Å². The maximum Gasteiger partial charge on any atom is 0.126 e. The van der Waals surface area contributed by atoms with E-state index in [0.717, 1.165) is 11.4 Å². The molecule has 0 bridgehead atoms. The van der Waals surface area contributed by atoms with Gasteiger partial charge in [-0.15, -0.1) is 11.6 Å². The summed E-state index contributed by atoms with van der Waals surface area (Å²) in [6, 6.07) is 7.16. The highest BCUT2D eigenvalue weighted by Crippen LogP contribution is 2.12. The molecular formula is C9H10ClNO. The van der Waals surface area contributed by atoms with Crippen LogP contribution in [0.3, 0.4) is 0 Å². The molecule has 1 aromatic carbocycles. The van der Waals surface area contributed by atoms with Gasteiger partial charge in [-0.05, 0) is 30.3 Å². The van der Waals surface area contributed by atoms with Crippen LogP contribution in [0, 0.1) is 0 Å². The fraction of sp³-hybridized carbons (Fsp3) is 0.111. The van der Waals surface area contributed by atoms with E-state index in [1.165, 1.54) is 0 Å². The second-order valence-corrected chi connectivity index (χ2v) is 2.52. The first kappa shape index (κ1) is 8.94. The zero-order valence-electron chi connectivity index (χ0n) is 6.53. The molecule has 0 saturated carbocycles. The Morgan fingerprint density at radius 1 is 1.33 bits per heavy atom. The number of rotatable bonds is 3. The summed E-state index contributed by atoms with van der Waals surface area (Å²) in [6.07, 6.45) is 3.27. The quantitative estimate of drug-likeness (QED) is 0.444. The lowest BCUT2D eigenvalue weighted by Crippen LogP contribution is -1.85. The third kappa shape index (κ3) is 2.84. The molecule has 0 heterocycles. The molecule has 0 aliphatic rings. The fourth-order valence-electron chi connectivity index (χ4n) is 0.709. The Morgan fingerprint density at radius 2 is 2.00 bits per heavy atom. The zero-order valence-corrected chi connectivity index (χ0v) is 7.29. The largest absolute Gasteiger partial charge is 0.465 e. The van der Waals surface area contributed by atoms with Crippen molar-refractivity contribution in [1.82, 2.24) is 0 Å². The minimum atomic E-state index is 0.453. The lowest BCUT2D eigenvalue weighted by Gasteiger charge is -1.98. The first-order valence-electron chi connectivity index (χ1n) is 3.56. The van der Waals surface area contributed by atoms with Crippen LogP contribution in [0.4, 0.5) is 5.69 Å². The molecule has 0 aliphatic carbocycles. The van der Waals surface area contributed by atoms with Gasteiger partial charge in [-0.3, -0.25) is 0 Å². The van der Waals surface area contributed by atoms with E-state index in [1.54, 1.807) is 36.6 Å². The van der Waals surface area contributed by atoms with Crippen molar-refractivity contribution in [2.24, 2.45) is 0 Å². The SMILES string of the molecule is Nc1ccc(OC=CCCl)cc1. The molecule has 0 radical (unpaired) electrons. The van der Waals surface area contributed by atoms with E-state index >= 15 is 0 Å². The van der Waals surface area contributed by atoms with E-state index in [4.69, 9.17) is 22.1 Å². The van der Waals surface area contributed by atoms with Crippen molar-refractivity contribution in [3.05, 3.63) is 36.6 Å². The Morgan fingerprint density at radius 3 is 2.58 bits per heavy atom. The summed E-state index contributed by atoms with van der Waals surface area (Å²) in [5.74, 6) is 1.21. The number of ether oxygens (including phenoxy) is 1. The molecule has 1 rings (SSSR count). The highest BCUT2D eigenvalue weighted by molar-refractivity contribution is 6.18. The van der Waals surface area contributed by atoms with Gasteiger partial charge in [0, 0.05) is 11.6 Å². The number of allylic oxidation sites excluding steroid dienone is 1. The summed E-state index contributed by atoms with van der Waals surface area (Å²) in [5.41, 5.74) is 6.21. The van der Waals surface area contributed by atoms with Crippen molar-refractivity contribution in [2.75, 3.05) is 11.6 Å². The van der Waals surface area contributed by atoms with Gasteiger partial charge in [-0.25, -0.2) is 0 Å². The average Bonchev–Trinajstić information content (AvgIpc) is 2.09. The normalized spacial score (nSPS) is 10.4. The molecule has 12 heavy (non-hydrogen) atoms. The molecule has 64 valence electrons. The minimum Gasteiger partial charge on any atom is -0.465 e. The number of anilines is 1. The van der Waals surface area contributed by atoms with Crippen LogP contribution < -0.4 is 10.5 Å². The van der Waals surface area contributed by atoms with Gasteiger partial charge < -0.3 is 10.5 Å². The number of alkyl halides is 1. The number of nitrogens with two attached hydrogens (primary N) is 1. The Labute approximate surface area is 76.6 Å². The lowest BCUT2D eigenvalue weighted by molar-refractivity contribution is 0.480. The van der Waals surface area contributed by atoms with E-state index in [-0.39, 0.29) is 0 Å². The Hall–Kier alpha value is -1.15. The molecular weight excluding hydrogens is 174 g/mol. The van der Waals surface area contributed by atoms with Crippen molar-refractivity contribution in [1.29, 1.82) is 0 Å². The van der Waals surface area contributed by atoms with Gasteiger partial charge in [0.05, 0.1) is 6.26 Å². The lowest BCUT2D eigenvalue weighted by atomic mass is 10.3. The standard InChI is InChI=1S/C9H10ClNO/c10-6-1-7-12-9-4-2-8(11)3-5-9/h1-5,7H,6,11H2. The third-order valence-electron chi connectivity index (χ3n) is 1.27. The van der Waals surface area contributed by atoms with E-state index in [1.807, 2.05) is 0 Å². The average molecular weight is 184 g/mol. The molecule has 0 fully saturated rings. The monoisotopic (exact) mass is 183 g/mol. The number of nitrogen functional groups attached to an aromatic ring is 1. The van der Waals surface area contributed by atoms with Gasteiger partial charge in [0.2, 0.25) is 0 Å². The first-order chi connectivity index (χ1) is 5.83. The van der Waals surface area contributed by atoms with Crippen molar-refractivity contribution in [3.63, 3.8) is 0 Å². The van der Waals surface area contributed by atoms with Crippen LogP contribution in [0.25, 0.3) is 0 Å². The second-order valence-electron chi connectivity index (χ2n) is 2.21. The van der Waals surface area contributed by atoms with E-state index < -0.39 is 0 Å². The van der Waals surface area contributed by atoms with Gasteiger partial charge in [0.1, 0.15) is 5.75 Å². The Balaban J connectivity index is 2.53. The van der Waals surface area contributed by atoms with Crippen molar-refractivity contribution in [2.45, 2.75) is 0 Å². The third-order valence-corrected chi connectivity index (χ3v) is 1.45. The number of hydrogen-bond donors (Lipinski definition) is 1. The van der Waals surface area contributed by atoms with Crippen LogP contribution in [-0.4, -0.2) is 5.88 Å². The van der Waals surface area contributed by atoms with E-state index in [0.29, 0.717) is 5.88 Å². The summed E-state index contributed by atoms with van der Waals surface area (Å²) in [5, 5.41) is 0. The van der Waals surface area contributed by atoms with E-state index in [2.05, 4.69) is 0 Å². The molecule has 2 nitrogen and oxygen atoms in total. The van der Waals surface area contributed by atoms with Gasteiger partial charge in [0.25, 0.3) is 0 Å². The van der Waals surface area contributed by atoms with Crippen molar-refractivity contribution in [3.8, 4) is 5.75 Å². The molecule has 0 aromatic heterocycles. The van der Waals surface area contributed by atoms with E-state index in [9.17, 15) is 0 Å². The topological polar surface area (TPSA) is 35.2 Å². The van der Waals surface area contributed by atoms with Crippen LogP contribution in [0.15, 0.2) is 36.6 Å². The second kappa shape index (κ2) is 4.67. The maximum atomic E-state index is 5.49. The molecule has 3 heteroatoms. The van der Waals surface area contributed by atoms with Crippen molar-refractivity contribution >= 4 is 17.3 Å². The maximum absolute atomic E-state index is 5.49. The van der Waals surface area contributed by atoms with Gasteiger partial charge in [-0.1, -0.05) is 0 Å². The van der Waals surface area contributed by atoms with Crippen LogP contribution in [-0.2, 0) is 0 Å². The van der Waals surface area contributed by atoms with Gasteiger partial charge in [0.15, 0.2) is 0 Å². The Kier molecular flexibility index (Phi) is 3.48. The summed E-state index contributed by atoms with van der Waals surface area (Å²) in [4.78, 5) is 0. The Bertz CT molecular complexity index is 256. The van der Waals surface area contributed by atoms with Crippen molar-refractivity contribution < 1.29 is 4.74 Å². The molecule has 2 N–H and O–H groups in total. The first-order valence-corrected chi connectivity index (χ1v) is 4.09. The van der Waals surface area contributed by atoms with Crippen LogP contribution in [0.1, 0.15) is 0 Å². The predicted octanol–water partition coefficient (Wildman–Crippen LogP) is 2.40. The molecule has 0 amide bonds. The predicted molar refractivity (Wildman–Crippen MR) is 51.3 cm³/mol. The van der Waals surface area contributed by atoms with Gasteiger partial charge >= 0.3 is 0 Å². The highest BCUT2D eigenvalue weighted by atomic mass is 35.5. The summed E-state index contributed by atoms with van der Waals surface area (Å²) < 4.78 is 5.18. The minimum absolute atomic E-state index is 0.453. The van der Waals surface area contributed by atoms with Crippen LogP contribution in [0.5, 0.6) is 5.75 Å². The smallest absolute Gasteiger partial charge is 0.126 e. The molecule has 1 aromatic rings. The number of benzene rings is 1. The summed E-state index contributed by atoms with van der Waals surface area (Å²) >= 11 is 5.41.